The van der Waals surface area contributed by atoms with Crippen molar-refractivity contribution in [3.8, 4) is 5.75 Å². The Morgan fingerprint density at radius 1 is 1.23 bits per heavy atom. The van der Waals surface area contributed by atoms with Gasteiger partial charge in [-0.05, 0) is 50.5 Å². The van der Waals surface area contributed by atoms with Gasteiger partial charge in [0.1, 0.15) is 23.7 Å². The van der Waals surface area contributed by atoms with Gasteiger partial charge >= 0.3 is 0 Å². The highest BCUT2D eigenvalue weighted by Crippen LogP contribution is 2.33. The monoisotopic (exact) mass is 354 g/mol. The van der Waals surface area contributed by atoms with Crippen molar-refractivity contribution in [1.29, 1.82) is 0 Å². The first-order chi connectivity index (χ1) is 12.7. The van der Waals surface area contributed by atoms with Gasteiger partial charge in [-0.3, -0.25) is 4.98 Å². The molecule has 0 amide bonds. The molecule has 2 aromatic heterocycles. The van der Waals surface area contributed by atoms with Crippen molar-refractivity contribution in [2.24, 2.45) is 5.73 Å². The molecular formula is C21H26N2O3. The minimum absolute atomic E-state index is 0.0171. The van der Waals surface area contributed by atoms with E-state index in [1.165, 1.54) is 0 Å². The number of aryl methyl sites for hydroxylation is 1. The lowest BCUT2D eigenvalue weighted by atomic mass is 10.1. The van der Waals surface area contributed by atoms with Crippen LogP contribution in [0.15, 0.2) is 47.1 Å². The predicted molar refractivity (Wildman–Crippen MR) is 102 cm³/mol. The van der Waals surface area contributed by atoms with E-state index >= 15 is 0 Å². The van der Waals surface area contributed by atoms with Crippen LogP contribution in [0, 0.1) is 6.92 Å². The number of aromatic nitrogens is 1. The summed E-state index contributed by atoms with van der Waals surface area (Å²) in [7, 11) is 0. The molecule has 0 bridgehead atoms. The molecule has 2 N–H and O–H groups in total. The molecule has 3 aromatic rings. The van der Waals surface area contributed by atoms with Gasteiger partial charge in [0.2, 0.25) is 0 Å². The van der Waals surface area contributed by atoms with Gasteiger partial charge < -0.3 is 19.6 Å². The second kappa shape index (κ2) is 8.83. The third kappa shape index (κ3) is 4.23. The highest BCUT2D eigenvalue weighted by Gasteiger charge is 2.15. The number of nitrogens with zero attached hydrogens (tertiary/aromatic N) is 1. The lowest BCUT2D eigenvalue weighted by Gasteiger charge is -2.12. The summed E-state index contributed by atoms with van der Waals surface area (Å²) in [6.07, 6.45) is 5.30. The van der Waals surface area contributed by atoms with E-state index < -0.39 is 0 Å². The van der Waals surface area contributed by atoms with Crippen LogP contribution in [-0.2, 0) is 11.3 Å². The number of fused-ring (bicyclic) bond motifs is 1. The van der Waals surface area contributed by atoms with E-state index in [4.69, 9.17) is 19.6 Å². The van der Waals surface area contributed by atoms with Crippen molar-refractivity contribution in [2.75, 3.05) is 13.2 Å². The molecule has 138 valence electrons. The Labute approximate surface area is 154 Å². The zero-order valence-electron chi connectivity index (χ0n) is 15.4. The molecule has 0 aliphatic rings. The Morgan fingerprint density at radius 2 is 2.12 bits per heavy atom. The Kier molecular flexibility index (Phi) is 6.26. The van der Waals surface area contributed by atoms with Crippen LogP contribution in [0.2, 0.25) is 0 Å². The molecule has 0 saturated carbocycles. The first-order valence-corrected chi connectivity index (χ1v) is 9.07. The maximum Gasteiger partial charge on any atom is 0.138 e. The molecule has 0 aliphatic heterocycles. The summed E-state index contributed by atoms with van der Waals surface area (Å²) in [5.41, 5.74) is 9.19. The molecule has 26 heavy (non-hydrogen) atoms. The SMILES string of the molecule is CCOCc1oc2cccc(OCCCC(N)c3cccnc3)c2c1C. The van der Waals surface area contributed by atoms with Crippen LogP contribution >= 0.6 is 0 Å². The van der Waals surface area contributed by atoms with Gasteiger partial charge in [0.25, 0.3) is 0 Å². The highest BCUT2D eigenvalue weighted by atomic mass is 16.5. The van der Waals surface area contributed by atoms with Crippen LogP contribution in [-0.4, -0.2) is 18.2 Å². The summed E-state index contributed by atoms with van der Waals surface area (Å²) >= 11 is 0. The van der Waals surface area contributed by atoms with Crippen LogP contribution in [0.3, 0.4) is 0 Å². The topological polar surface area (TPSA) is 70.5 Å². The Hall–Kier alpha value is -2.37. The minimum atomic E-state index is -0.0171. The van der Waals surface area contributed by atoms with Crippen molar-refractivity contribution >= 4 is 11.0 Å². The molecule has 5 nitrogen and oxygen atoms in total. The Bertz CT molecular complexity index is 830. The van der Waals surface area contributed by atoms with Gasteiger partial charge in [-0.15, -0.1) is 0 Å². The maximum atomic E-state index is 6.21. The number of furan rings is 1. The van der Waals surface area contributed by atoms with E-state index in [0.717, 1.165) is 46.4 Å². The summed E-state index contributed by atoms with van der Waals surface area (Å²) in [4.78, 5) is 4.12. The Morgan fingerprint density at radius 3 is 2.88 bits per heavy atom. The zero-order valence-corrected chi connectivity index (χ0v) is 15.4. The number of nitrogens with two attached hydrogens (primary N) is 1. The standard InChI is InChI=1S/C21H26N2O3/c1-3-24-14-20-15(2)21-18(9-4-10-19(21)26-20)25-12-6-8-17(22)16-7-5-11-23-13-16/h4-5,7,9-11,13,17H,3,6,8,12,14,22H2,1-2H3. The van der Waals surface area contributed by atoms with Crippen LogP contribution in [0.25, 0.3) is 11.0 Å². The highest BCUT2D eigenvalue weighted by molar-refractivity contribution is 5.88. The second-order valence-corrected chi connectivity index (χ2v) is 6.30. The molecule has 0 saturated heterocycles. The fourth-order valence-electron chi connectivity index (χ4n) is 3.01. The van der Waals surface area contributed by atoms with Crippen LogP contribution in [0.5, 0.6) is 5.75 Å². The van der Waals surface area contributed by atoms with Gasteiger partial charge in [0.05, 0.1) is 12.0 Å². The molecule has 0 fully saturated rings. The molecule has 2 heterocycles. The van der Waals surface area contributed by atoms with E-state index in [9.17, 15) is 0 Å². The summed E-state index contributed by atoms with van der Waals surface area (Å²) in [6, 6.07) is 9.80. The van der Waals surface area contributed by atoms with Crippen molar-refractivity contribution < 1.29 is 13.9 Å². The number of hydrogen-bond acceptors (Lipinski definition) is 5. The van der Waals surface area contributed by atoms with Crippen LogP contribution in [0.1, 0.15) is 42.7 Å². The average molecular weight is 354 g/mol. The molecule has 1 atom stereocenters. The fraction of sp³-hybridized carbons (Fsp3) is 0.381. The van der Waals surface area contributed by atoms with Crippen molar-refractivity contribution in [1.82, 2.24) is 4.98 Å². The molecule has 0 radical (unpaired) electrons. The number of benzene rings is 1. The number of ether oxygens (including phenoxy) is 2. The summed E-state index contributed by atoms with van der Waals surface area (Å²) < 4.78 is 17.4. The van der Waals surface area contributed by atoms with Gasteiger partial charge in [-0.1, -0.05) is 12.1 Å². The van der Waals surface area contributed by atoms with Gasteiger partial charge in [0.15, 0.2) is 0 Å². The third-order valence-electron chi connectivity index (χ3n) is 4.48. The maximum absolute atomic E-state index is 6.21. The summed E-state index contributed by atoms with van der Waals surface area (Å²) in [5, 5.41) is 1.03. The predicted octanol–water partition coefficient (Wildman–Crippen LogP) is 4.53. The zero-order chi connectivity index (χ0) is 18.4. The average Bonchev–Trinajstić information content (AvgIpc) is 3.00. The molecule has 5 heteroatoms. The molecule has 1 aromatic carbocycles. The van der Waals surface area contributed by atoms with E-state index in [1.54, 1.807) is 6.20 Å². The quantitative estimate of drug-likeness (QED) is 0.572. The minimum Gasteiger partial charge on any atom is -0.493 e. The number of pyridine rings is 1. The molecule has 0 spiro atoms. The van der Waals surface area contributed by atoms with Gasteiger partial charge in [-0.2, -0.15) is 0 Å². The van der Waals surface area contributed by atoms with Crippen molar-refractivity contribution in [2.45, 2.75) is 39.3 Å². The van der Waals surface area contributed by atoms with Crippen LogP contribution in [0.4, 0.5) is 0 Å². The second-order valence-electron chi connectivity index (χ2n) is 6.30. The first kappa shape index (κ1) is 18.4. The summed E-state index contributed by atoms with van der Waals surface area (Å²) in [6.45, 7) is 5.78. The Balaban J connectivity index is 1.61. The van der Waals surface area contributed by atoms with Crippen molar-refractivity contribution in [3.05, 3.63) is 59.6 Å². The summed E-state index contributed by atoms with van der Waals surface area (Å²) in [5.74, 6) is 1.71. The first-order valence-electron chi connectivity index (χ1n) is 9.07. The lowest BCUT2D eigenvalue weighted by Crippen LogP contribution is -2.12. The van der Waals surface area contributed by atoms with Crippen molar-refractivity contribution in [3.63, 3.8) is 0 Å². The largest absolute Gasteiger partial charge is 0.493 e. The fourth-order valence-corrected chi connectivity index (χ4v) is 3.01. The smallest absolute Gasteiger partial charge is 0.138 e. The molecular weight excluding hydrogens is 328 g/mol. The van der Waals surface area contributed by atoms with Gasteiger partial charge in [-0.25, -0.2) is 0 Å². The normalized spacial score (nSPS) is 12.4. The molecule has 3 rings (SSSR count). The number of hydrogen-bond donors (Lipinski definition) is 1. The molecule has 1 unspecified atom stereocenters. The third-order valence-corrected chi connectivity index (χ3v) is 4.48. The number of rotatable bonds is 9. The van der Waals surface area contributed by atoms with E-state index in [1.807, 2.05) is 50.4 Å². The van der Waals surface area contributed by atoms with E-state index in [2.05, 4.69) is 4.98 Å². The van der Waals surface area contributed by atoms with E-state index in [0.29, 0.717) is 19.8 Å². The van der Waals surface area contributed by atoms with E-state index in [-0.39, 0.29) is 6.04 Å². The van der Waals surface area contributed by atoms with Crippen LogP contribution < -0.4 is 10.5 Å². The van der Waals surface area contributed by atoms with Gasteiger partial charge in [0, 0.05) is 30.6 Å². The lowest BCUT2D eigenvalue weighted by molar-refractivity contribution is 0.119. The molecule has 0 aliphatic carbocycles.